The van der Waals surface area contributed by atoms with Crippen LogP contribution in [0.3, 0.4) is 0 Å². The molecule has 13 rings (SSSR count). The van der Waals surface area contributed by atoms with Crippen LogP contribution in [0.5, 0.6) is 0 Å². The predicted octanol–water partition coefficient (Wildman–Crippen LogP) is 14.0. The molecule has 13 aromatic rings. The number of thiophene rings is 1. The van der Waals surface area contributed by atoms with Crippen molar-refractivity contribution in [2.75, 3.05) is 0 Å². The van der Waals surface area contributed by atoms with E-state index in [0.717, 1.165) is 76.6 Å². The number of fused-ring (bicyclic) bond motifs is 13. The van der Waals surface area contributed by atoms with Gasteiger partial charge in [0.1, 0.15) is 0 Å². The van der Waals surface area contributed by atoms with Crippen LogP contribution in [0.15, 0.2) is 188 Å². The number of imidazole rings is 1. The van der Waals surface area contributed by atoms with Gasteiger partial charge in [0, 0.05) is 42.8 Å². The summed E-state index contributed by atoms with van der Waals surface area (Å²) in [7, 11) is 0. The first-order chi connectivity index (χ1) is 29.3. The molecule has 5 heterocycles. The number of para-hydroxylation sites is 3. The lowest BCUT2D eigenvalue weighted by atomic mass is 9.92. The van der Waals surface area contributed by atoms with Crippen molar-refractivity contribution in [1.29, 1.82) is 0 Å². The summed E-state index contributed by atoms with van der Waals surface area (Å²) in [4.78, 5) is 16.2. The molecule has 0 saturated heterocycles. The summed E-state index contributed by atoms with van der Waals surface area (Å²) in [6.45, 7) is 0. The maximum Gasteiger partial charge on any atom is 0.220 e. The maximum atomic E-state index is 5.41. The fraction of sp³-hybridized carbons (Fsp3) is 0. The third kappa shape index (κ3) is 4.75. The van der Waals surface area contributed by atoms with Crippen LogP contribution in [-0.4, -0.2) is 23.8 Å². The zero-order chi connectivity index (χ0) is 38.6. The lowest BCUT2D eigenvalue weighted by Crippen LogP contribution is -1.95. The summed E-state index contributed by atoms with van der Waals surface area (Å²) in [6.07, 6.45) is 0. The van der Waals surface area contributed by atoms with Crippen molar-refractivity contribution in [2.24, 2.45) is 0 Å². The molecule has 0 spiro atoms. The van der Waals surface area contributed by atoms with Crippen LogP contribution in [0.25, 0.3) is 120 Å². The van der Waals surface area contributed by atoms with Gasteiger partial charge < -0.3 is 0 Å². The van der Waals surface area contributed by atoms with Crippen molar-refractivity contribution in [3.63, 3.8) is 0 Å². The monoisotopic (exact) mass is 769 g/mol. The Morgan fingerprint density at radius 3 is 1.81 bits per heavy atom. The van der Waals surface area contributed by atoms with Crippen molar-refractivity contribution in [3.8, 4) is 44.9 Å². The van der Waals surface area contributed by atoms with Gasteiger partial charge in [-0.3, -0.25) is 8.80 Å². The molecule has 0 bridgehead atoms. The summed E-state index contributed by atoms with van der Waals surface area (Å²) in [6, 6.07) is 67.2. The molecule has 0 fully saturated rings. The standard InChI is InChI=1S/C53H31N5S/c1-3-15-32(16-4-1)36-19-7-8-20-37(36)35-29-41-38-21-9-12-24-44(38)58-50(41)42(30-35)39-28-27-34(31-46(39)57-45-25-13-11-23-43(45)54-53(57)58)52-55-48(33-17-5-2-6-18-33)51-49(56-52)40-22-10-14-26-47(40)59-51/h1-31H. The maximum absolute atomic E-state index is 5.41. The van der Waals surface area contributed by atoms with Crippen molar-refractivity contribution in [3.05, 3.63) is 188 Å². The molecule has 0 aliphatic heterocycles. The van der Waals surface area contributed by atoms with Gasteiger partial charge in [0.25, 0.3) is 0 Å². The zero-order valence-electron chi connectivity index (χ0n) is 31.5. The summed E-state index contributed by atoms with van der Waals surface area (Å²) in [5.74, 6) is 1.55. The minimum atomic E-state index is 0.693. The van der Waals surface area contributed by atoms with E-state index in [1.165, 1.54) is 37.7 Å². The first-order valence-corrected chi connectivity index (χ1v) is 20.7. The highest BCUT2D eigenvalue weighted by Crippen LogP contribution is 2.44. The molecular weight excluding hydrogens is 739 g/mol. The van der Waals surface area contributed by atoms with E-state index in [9.17, 15) is 0 Å². The second-order valence-corrected chi connectivity index (χ2v) is 16.2. The van der Waals surface area contributed by atoms with Gasteiger partial charge in [-0.25, -0.2) is 15.0 Å². The molecule has 0 atom stereocenters. The number of aromatic nitrogens is 5. The van der Waals surface area contributed by atoms with Crippen LogP contribution >= 0.6 is 11.3 Å². The van der Waals surface area contributed by atoms with Crippen molar-refractivity contribution >= 4 is 86.5 Å². The molecule has 0 aliphatic carbocycles. The molecule has 0 radical (unpaired) electrons. The number of rotatable bonds is 4. The van der Waals surface area contributed by atoms with Crippen molar-refractivity contribution < 1.29 is 0 Å². The van der Waals surface area contributed by atoms with Crippen LogP contribution in [0.1, 0.15) is 0 Å². The van der Waals surface area contributed by atoms with E-state index in [1.54, 1.807) is 11.3 Å². The molecule has 0 amide bonds. The lowest BCUT2D eigenvalue weighted by molar-refractivity contribution is 1.17. The molecule has 0 N–H and O–H groups in total. The van der Waals surface area contributed by atoms with Gasteiger partial charge in [-0.2, -0.15) is 0 Å². The third-order valence-corrected chi connectivity index (χ3v) is 13.1. The summed E-state index contributed by atoms with van der Waals surface area (Å²) in [5, 5.41) is 5.80. The average Bonchev–Trinajstić information content (AvgIpc) is 3.96. The Morgan fingerprint density at radius 1 is 0.390 bits per heavy atom. The van der Waals surface area contributed by atoms with Crippen LogP contribution in [-0.2, 0) is 0 Å². The molecule has 274 valence electrons. The molecule has 59 heavy (non-hydrogen) atoms. The Kier molecular flexibility index (Phi) is 6.82. The minimum Gasteiger partial charge on any atom is -0.278 e. The van der Waals surface area contributed by atoms with Gasteiger partial charge in [-0.05, 0) is 64.7 Å². The van der Waals surface area contributed by atoms with Gasteiger partial charge in [-0.1, -0.05) is 146 Å². The molecule has 0 aliphatic rings. The largest absolute Gasteiger partial charge is 0.278 e. The lowest BCUT2D eigenvalue weighted by Gasteiger charge is -2.12. The SMILES string of the molecule is c1ccc(-c2ccccc2-c2cc3c4ccc(-c5nc(-c6ccccc6)c6sc7ccccc7c6n5)cc4n4c5ccccc5nc4n4c5ccccc5c(c2)c34)cc1. The number of hydrogen-bond acceptors (Lipinski definition) is 4. The van der Waals surface area contributed by atoms with Crippen LogP contribution < -0.4 is 0 Å². The van der Waals surface area contributed by atoms with E-state index < -0.39 is 0 Å². The molecule has 5 aromatic heterocycles. The molecule has 0 saturated carbocycles. The second kappa shape index (κ2) is 12.4. The number of hydrogen-bond donors (Lipinski definition) is 0. The first kappa shape index (κ1) is 32.4. The first-order valence-electron chi connectivity index (χ1n) is 19.9. The van der Waals surface area contributed by atoms with E-state index >= 15 is 0 Å². The zero-order valence-corrected chi connectivity index (χ0v) is 32.4. The summed E-state index contributed by atoms with van der Waals surface area (Å²) >= 11 is 1.76. The van der Waals surface area contributed by atoms with E-state index in [1.807, 2.05) is 0 Å². The summed E-state index contributed by atoms with van der Waals surface area (Å²) in [5.41, 5.74) is 14.0. The Balaban J connectivity index is 1.19. The quantitative estimate of drug-likeness (QED) is 0.179. The normalized spacial score (nSPS) is 12.1. The second-order valence-electron chi connectivity index (χ2n) is 15.2. The Labute approximate surface area is 341 Å². The van der Waals surface area contributed by atoms with Crippen molar-refractivity contribution in [1.82, 2.24) is 23.8 Å². The smallest absolute Gasteiger partial charge is 0.220 e. The predicted molar refractivity (Wildman–Crippen MR) is 246 cm³/mol. The van der Waals surface area contributed by atoms with Gasteiger partial charge in [0.15, 0.2) is 5.82 Å². The summed E-state index contributed by atoms with van der Waals surface area (Å²) < 4.78 is 7.02. The van der Waals surface area contributed by atoms with E-state index in [4.69, 9.17) is 15.0 Å². The average molecular weight is 770 g/mol. The molecule has 8 aromatic carbocycles. The highest BCUT2D eigenvalue weighted by molar-refractivity contribution is 7.26. The topological polar surface area (TPSA) is 47.5 Å². The van der Waals surface area contributed by atoms with Crippen LogP contribution in [0.4, 0.5) is 0 Å². The Hall–Kier alpha value is -7.67. The third-order valence-electron chi connectivity index (χ3n) is 11.9. The number of nitrogens with zero attached hydrogens (tertiary/aromatic N) is 5. The molecular formula is C53H31N5S. The van der Waals surface area contributed by atoms with Gasteiger partial charge >= 0.3 is 0 Å². The molecule has 5 nitrogen and oxygen atoms in total. The molecule has 6 heteroatoms. The van der Waals surface area contributed by atoms with Crippen LogP contribution in [0, 0.1) is 0 Å². The molecule has 0 unspecified atom stereocenters. The minimum absolute atomic E-state index is 0.693. The Morgan fingerprint density at radius 2 is 1.02 bits per heavy atom. The van der Waals surface area contributed by atoms with Gasteiger partial charge in [0.2, 0.25) is 5.78 Å². The fourth-order valence-corrected chi connectivity index (χ4v) is 10.4. The fourth-order valence-electron chi connectivity index (χ4n) is 9.27. The van der Waals surface area contributed by atoms with E-state index in [-0.39, 0.29) is 0 Å². The van der Waals surface area contributed by atoms with Crippen LogP contribution in [0.2, 0.25) is 0 Å². The number of benzene rings is 8. The van der Waals surface area contributed by atoms with Gasteiger partial charge in [0.05, 0.1) is 43.5 Å². The van der Waals surface area contributed by atoms with Crippen molar-refractivity contribution in [2.45, 2.75) is 0 Å². The van der Waals surface area contributed by atoms with Gasteiger partial charge in [-0.15, -0.1) is 11.3 Å². The van der Waals surface area contributed by atoms with E-state index in [2.05, 4.69) is 197 Å². The Bertz CT molecular complexity index is 3840. The highest BCUT2D eigenvalue weighted by atomic mass is 32.1. The van der Waals surface area contributed by atoms with E-state index in [0.29, 0.717) is 5.82 Å². The highest BCUT2D eigenvalue weighted by Gasteiger charge is 2.22.